The summed E-state index contributed by atoms with van der Waals surface area (Å²) in [5, 5.41) is 15.6. The molecule has 2 aliphatic rings. The molecule has 4 nitrogen and oxygen atoms in total. The predicted molar refractivity (Wildman–Crippen MR) is 151 cm³/mol. The molecule has 1 N–H and O–H groups in total. The number of carbonyl (C=O) groups excluding carboxylic acids is 1. The molecule has 0 bridgehead atoms. The van der Waals surface area contributed by atoms with Gasteiger partial charge in [-0.2, -0.15) is 11.3 Å². The lowest BCUT2D eigenvalue weighted by molar-refractivity contribution is -0.0315. The maximum atomic E-state index is 13.3. The van der Waals surface area contributed by atoms with Gasteiger partial charge in [-0.1, -0.05) is 46.3 Å². The summed E-state index contributed by atoms with van der Waals surface area (Å²) in [6.45, 7) is 4.39. The number of aryl methyl sites for hydroxylation is 1. The number of rotatable bonds is 8. The molecule has 0 radical (unpaired) electrons. The van der Waals surface area contributed by atoms with E-state index in [1.54, 1.807) is 11.3 Å². The number of piperidine rings is 1. The Balaban J connectivity index is 1.17. The summed E-state index contributed by atoms with van der Waals surface area (Å²) in [5.41, 5.74) is 2.91. The molecule has 2 unspecified atom stereocenters. The number of thiophene rings is 1. The molecular formula is C30H35BrN2O2S. The van der Waals surface area contributed by atoms with Crippen molar-refractivity contribution in [2.75, 3.05) is 32.7 Å². The van der Waals surface area contributed by atoms with Gasteiger partial charge in [-0.05, 0) is 90.2 Å². The lowest BCUT2D eigenvalue weighted by Gasteiger charge is -2.39. The van der Waals surface area contributed by atoms with Crippen LogP contribution in [0.2, 0.25) is 0 Å². The Labute approximate surface area is 227 Å². The number of hydrogen-bond donors (Lipinski definition) is 1. The summed E-state index contributed by atoms with van der Waals surface area (Å²) >= 11 is 5.20. The Hall–Kier alpha value is -1.99. The summed E-state index contributed by atoms with van der Waals surface area (Å²) in [6.07, 6.45) is 4.58. The highest BCUT2D eigenvalue weighted by Gasteiger charge is 2.39. The summed E-state index contributed by atoms with van der Waals surface area (Å²) in [7, 11) is 0. The van der Waals surface area contributed by atoms with E-state index in [2.05, 4.69) is 68.0 Å². The van der Waals surface area contributed by atoms with Gasteiger partial charge in [-0.3, -0.25) is 4.79 Å². The molecule has 36 heavy (non-hydrogen) atoms. The molecule has 2 saturated heterocycles. The molecule has 6 heteroatoms. The lowest BCUT2D eigenvalue weighted by atomic mass is 9.84. The fourth-order valence-corrected chi connectivity index (χ4v) is 6.85. The van der Waals surface area contributed by atoms with Crippen molar-refractivity contribution in [1.29, 1.82) is 0 Å². The van der Waals surface area contributed by atoms with Gasteiger partial charge >= 0.3 is 0 Å². The highest BCUT2D eigenvalue weighted by Crippen LogP contribution is 2.36. The number of carbonyl (C=O) groups is 1. The van der Waals surface area contributed by atoms with E-state index in [4.69, 9.17) is 0 Å². The minimum Gasteiger partial charge on any atom is -0.390 e. The van der Waals surface area contributed by atoms with E-state index in [0.29, 0.717) is 11.8 Å². The average Bonchev–Trinajstić information content (AvgIpc) is 3.57. The second-order valence-electron chi connectivity index (χ2n) is 10.5. The first kappa shape index (κ1) is 25.7. The third kappa shape index (κ3) is 6.28. The van der Waals surface area contributed by atoms with E-state index in [1.807, 2.05) is 29.2 Å². The third-order valence-corrected chi connectivity index (χ3v) is 9.25. The first-order chi connectivity index (χ1) is 17.5. The highest BCUT2D eigenvalue weighted by molar-refractivity contribution is 9.10. The van der Waals surface area contributed by atoms with Crippen LogP contribution in [0.5, 0.6) is 0 Å². The molecule has 1 aromatic heterocycles. The first-order valence-electron chi connectivity index (χ1n) is 13.0. The molecular weight excluding hydrogens is 532 g/mol. The number of benzene rings is 2. The summed E-state index contributed by atoms with van der Waals surface area (Å²) in [5.74, 6) is 0.891. The fourth-order valence-electron chi connectivity index (χ4n) is 5.86. The van der Waals surface area contributed by atoms with Gasteiger partial charge in [0, 0.05) is 48.7 Å². The smallest absolute Gasteiger partial charge is 0.253 e. The van der Waals surface area contributed by atoms with E-state index in [-0.39, 0.29) is 5.91 Å². The van der Waals surface area contributed by atoms with Gasteiger partial charge in [0.05, 0.1) is 5.60 Å². The molecule has 2 fully saturated rings. The Morgan fingerprint density at radius 3 is 2.47 bits per heavy atom. The Bertz CT molecular complexity index is 1110. The number of aliphatic hydroxyl groups is 1. The predicted octanol–water partition coefficient (Wildman–Crippen LogP) is 6.22. The maximum Gasteiger partial charge on any atom is 0.253 e. The van der Waals surface area contributed by atoms with Gasteiger partial charge in [-0.25, -0.2) is 0 Å². The molecule has 1 amide bonds. The second kappa shape index (κ2) is 11.6. The summed E-state index contributed by atoms with van der Waals surface area (Å²) in [4.78, 5) is 17.8. The highest BCUT2D eigenvalue weighted by atomic mass is 79.9. The molecule has 2 aromatic carbocycles. The molecule has 0 aliphatic carbocycles. The average molecular weight is 568 g/mol. The SMILES string of the molecule is O=C(c1ccc(Br)cc1)N1CC(CN2CCC(O)(CCCc3ccccc3)CC2)C(c2ccsc2)C1. The van der Waals surface area contributed by atoms with Crippen molar-refractivity contribution in [3.8, 4) is 0 Å². The van der Waals surface area contributed by atoms with Gasteiger partial charge in [0.25, 0.3) is 5.91 Å². The molecule has 0 saturated carbocycles. The van der Waals surface area contributed by atoms with Crippen molar-refractivity contribution in [1.82, 2.24) is 9.80 Å². The third-order valence-electron chi connectivity index (χ3n) is 8.02. The summed E-state index contributed by atoms with van der Waals surface area (Å²) in [6, 6.07) is 20.5. The van der Waals surface area contributed by atoms with Crippen molar-refractivity contribution >= 4 is 33.2 Å². The van der Waals surface area contributed by atoms with Crippen LogP contribution in [0.1, 0.15) is 53.1 Å². The van der Waals surface area contributed by atoms with Crippen LogP contribution in [0.4, 0.5) is 0 Å². The van der Waals surface area contributed by atoms with Crippen LogP contribution in [0, 0.1) is 5.92 Å². The van der Waals surface area contributed by atoms with Crippen LogP contribution in [-0.4, -0.2) is 59.1 Å². The van der Waals surface area contributed by atoms with Gasteiger partial charge in [0.15, 0.2) is 0 Å². The normalized spacial score (nSPS) is 22.1. The quantitative estimate of drug-likeness (QED) is 0.352. The zero-order valence-electron chi connectivity index (χ0n) is 20.7. The van der Waals surface area contributed by atoms with E-state index < -0.39 is 5.60 Å². The largest absolute Gasteiger partial charge is 0.390 e. The fraction of sp³-hybridized carbons (Fsp3) is 0.433. The van der Waals surface area contributed by atoms with Gasteiger partial charge in [-0.15, -0.1) is 0 Å². The number of nitrogens with zero attached hydrogens (tertiary/aromatic N) is 2. The maximum absolute atomic E-state index is 13.3. The molecule has 5 rings (SSSR count). The Morgan fingerprint density at radius 2 is 1.78 bits per heavy atom. The number of hydrogen-bond acceptors (Lipinski definition) is 4. The van der Waals surface area contributed by atoms with Crippen LogP contribution in [0.15, 0.2) is 75.9 Å². The van der Waals surface area contributed by atoms with Gasteiger partial charge in [0.1, 0.15) is 0 Å². The minimum absolute atomic E-state index is 0.122. The molecule has 2 aliphatic heterocycles. The number of amides is 1. The van der Waals surface area contributed by atoms with Crippen molar-refractivity contribution in [3.63, 3.8) is 0 Å². The van der Waals surface area contributed by atoms with E-state index in [1.165, 1.54) is 11.1 Å². The van der Waals surface area contributed by atoms with Crippen LogP contribution >= 0.6 is 27.3 Å². The van der Waals surface area contributed by atoms with Crippen molar-refractivity contribution in [3.05, 3.63) is 92.6 Å². The minimum atomic E-state index is -0.544. The number of likely N-dealkylation sites (tertiary alicyclic amines) is 2. The van der Waals surface area contributed by atoms with Crippen molar-refractivity contribution in [2.24, 2.45) is 5.92 Å². The molecule has 3 heterocycles. The molecule has 3 aromatic rings. The lowest BCUT2D eigenvalue weighted by Crippen LogP contribution is -2.46. The van der Waals surface area contributed by atoms with E-state index in [9.17, 15) is 9.90 Å². The zero-order chi connectivity index (χ0) is 25.0. The van der Waals surface area contributed by atoms with Crippen LogP contribution in [0.3, 0.4) is 0 Å². The molecule has 2 atom stereocenters. The van der Waals surface area contributed by atoms with Gasteiger partial charge < -0.3 is 14.9 Å². The van der Waals surface area contributed by atoms with Crippen molar-refractivity contribution < 1.29 is 9.90 Å². The van der Waals surface area contributed by atoms with Crippen LogP contribution < -0.4 is 0 Å². The zero-order valence-corrected chi connectivity index (χ0v) is 23.1. The standard InChI is InChI=1S/C30H35BrN2O2S/c31-27-10-8-24(9-11-27)29(34)33-20-26(28(21-33)25-12-18-36-22-25)19-32-16-14-30(35,15-17-32)13-4-7-23-5-2-1-3-6-23/h1-3,5-6,8-12,18,22,26,28,35H,4,7,13-17,19-21H2. The Kier molecular flexibility index (Phi) is 8.26. The second-order valence-corrected chi connectivity index (χ2v) is 12.2. The summed E-state index contributed by atoms with van der Waals surface area (Å²) < 4.78 is 0.986. The van der Waals surface area contributed by atoms with E-state index in [0.717, 1.165) is 74.9 Å². The molecule has 190 valence electrons. The van der Waals surface area contributed by atoms with Gasteiger partial charge in [0.2, 0.25) is 0 Å². The Morgan fingerprint density at radius 1 is 1.03 bits per heavy atom. The van der Waals surface area contributed by atoms with E-state index >= 15 is 0 Å². The first-order valence-corrected chi connectivity index (χ1v) is 14.8. The van der Waals surface area contributed by atoms with Crippen LogP contribution in [-0.2, 0) is 6.42 Å². The van der Waals surface area contributed by atoms with Crippen molar-refractivity contribution in [2.45, 2.75) is 43.6 Å². The monoisotopic (exact) mass is 566 g/mol. The van der Waals surface area contributed by atoms with Crippen LogP contribution in [0.25, 0.3) is 0 Å². The molecule has 0 spiro atoms. The number of halogens is 1. The topological polar surface area (TPSA) is 43.8 Å².